The number of hydrazine groups is 1. The Labute approximate surface area is 229 Å². The van der Waals surface area contributed by atoms with Crippen LogP contribution in [0.4, 0.5) is 33.3 Å². The summed E-state index contributed by atoms with van der Waals surface area (Å²) < 4.78 is 67.3. The zero-order valence-electron chi connectivity index (χ0n) is 21.0. The van der Waals surface area contributed by atoms with Crippen molar-refractivity contribution < 1.29 is 41.4 Å². The molecule has 0 saturated carbocycles. The molecule has 2 aromatic carbocycles. The molecule has 2 amide bonds. The van der Waals surface area contributed by atoms with E-state index in [1.807, 2.05) is 0 Å². The monoisotopic (exact) mass is 581 g/mol. The highest BCUT2D eigenvalue weighted by atomic mass is 19.4. The summed E-state index contributed by atoms with van der Waals surface area (Å²) in [7, 11) is 0. The fourth-order valence-electron chi connectivity index (χ4n) is 3.83. The van der Waals surface area contributed by atoms with Gasteiger partial charge in [0.1, 0.15) is 12.0 Å². The molecule has 0 aliphatic carbocycles. The highest BCUT2D eigenvalue weighted by Crippen LogP contribution is 2.34. The number of nitrogens with zero attached hydrogens (tertiary/aromatic N) is 1. The maximum Gasteiger partial charge on any atom is 0.419 e. The van der Waals surface area contributed by atoms with Crippen molar-refractivity contribution >= 4 is 35.1 Å². The lowest BCUT2D eigenvalue weighted by atomic mass is 9.99. The van der Waals surface area contributed by atoms with Crippen LogP contribution < -0.4 is 32.5 Å². The predicted octanol–water partition coefficient (Wildman–Crippen LogP) is 1.88. The molecule has 1 aliphatic heterocycles. The van der Waals surface area contributed by atoms with Crippen molar-refractivity contribution in [3.05, 3.63) is 58.4 Å². The number of aliphatic imine (C=N–C) groups is 1. The fourth-order valence-corrected chi connectivity index (χ4v) is 3.83. The number of terminal acetylenes is 1. The zero-order valence-corrected chi connectivity index (χ0v) is 21.0. The van der Waals surface area contributed by atoms with E-state index in [2.05, 4.69) is 37.6 Å². The lowest BCUT2D eigenvalue weighted by Crippen LogP contribution is -2.41. The number of amides is 2. The molecule has 3 rings (SSSR count). The number of carbonyl (C=O) groups is 3. The van der Waals surface area contributed by atoms with Gasteiger partial charge in [-0.15, -0.1) is 6.42 Å². The van der Waals surface area contributed by atoms with Crippen LogP contribution in [0, 0.1) is 18.2 Å². The van der Waals surface area contributed by atoms with Crippen LogP contribution in [0.3, 0.4) is 0 Å². The van der Waals surface area contributed by atoms with E-state index in [4.69, 9.17) is 17.4 Å². The molecule has 11 nitrogen and oxygen atoms in total. The molecular formula is C25H24F5N7O4. The molecule has 0 fully saturated rings. The van der Waals surface area contributed by atoms with Gasteiger partial charge in [0.25, 0.3) is 5.91 Å². The Morgan fingerprint density at radius 2 is 1.95 bits per heavy atom. The van der Waals surface area contributed by atoms with Gasteiger partial charge >= 0.3 is 12.1 Å². The SMILES string of the molecule is C#Cc1c(NN)cc(C(=O)NCC(=O)N[C@@H](CC(=O)O)c2cccc(C(F)(F)F)c2F)cc1NC1=NC[C@@H](F)CN1. The van der Waals surface area contributed by atoms with Crippen LogP contribution >= 0.6 is 0 Å². The summed E-state index contributed by atoms with van der Waals surface area (Å²) in [5.74, 6) is 3.00. The maximum atomic E-state index is 14.6. The Morgan fingerprint density at radius 3 is 2.54 bits per heavy atom. The lowest BCUT2D eigenvalue weighted by Gasteiger charge is -2.21. The average Bonchev–Trinajstić information content (AvgIpc) is 2.91. The van der Waals surface area contributed by atoms with Gasteiger partial charge in [0.05, 0.1) is 54.6 Å². The summed E-state index contributed by atoms with van der Waals surface area (Å²) in [6, 6.07) is 3.17. The molecule has 0 bridgehead atoms. The molecule has 2 aromatic rings. The minimum atomic E-state index is -5.05. The van der Waals surface area contributed by atoms with E-state index < -0.39 is 66.1 Å². The summed E-state index contributed by atoms with van der Waals surface area (Å²) in [5.41, 5.74) is 0.478. The number of nitrogens with two attached hydrogens (primary N) is 1. The van der Waals surface area contributed by atoms with Gasteiger partial charge in [0.15, 0.2) is 5.96 Å². The van der Waals surface area contributed by atoms with Crippen LogP contribution in [0.2, 0.25) is 0 Å². The number of carboxylic acid groups (broad SMARTS) is 1. The average molecular weight is 582 g/mol. The minimum Gasteiger partial charge on any atom is -0.481 e. The van der Waals surface area contributed by atoms with Gasteiger partial charge in [0, 0.05) is 11.1 Å². The smallest absolute Gasteiger partial charge is 0.419 e. The molecule has 1 aliphatic rings. The van der Waals surface area contributed by atoms with Crippen LogP contribution in [0.1, 0.15) is 39.5 Å². The first-order chi connectivity index (χ1) is 19.3. The molecular weight excluding hydrogens is 557 g/mol. The third kappa shape index (κ3) is 7.82. The highest BCUT2D eigenvalue weighted by molar-refractivity contribution is 6.02. The van der Waals surface area contributed by atoms with Crippen LogP contribution in [0.5, 0.6) is 0 Å². The lowest BCUT2D eigenvalue weighted by molar-refractivity contribution is -0.140. The quantitative estimate of drug-likeness (QED) is 0.102. The molecule has 16 heteroatoms. The highest BCUT2D eigenvalue weighted by Gasteiger charge is 2.36. The topological polar surface area (TPSA) is 170 Å². The van der Waals surface area contributed by atoms with Gasteiger partial charge in [-0.3, -0.25) is 20.2 Å². The number of carboxylic acids is 1. The number of aliphatic carboxylic acids is 1. The van der Waals surface area contributed by atoms with E-state index in [0.29, 0.717) is 6.07 Å². The standard InChI is InChI=1S/C25H24F5N7O4/c1-2-14-17(36-24-33-9-13(26)10-34-24)6-12(7-19(14)37-31)23(41)32-11-20(38)35-18(8-21(39)40)15-4-3-5-16(22(15)27)25(28,29)30/h1,3-7,13,18,37H,8-11,31H2,(H,32,41)(H,35,38)(H,39,40)(H2,33,34,36)/t18-/m0/s1. The number of nitrogen functional groups attached to an aromatic ring is 1. The number of benzene rings is 2. The molecule has 0 saturated heterocycles. The van der Waals surface area contributed by atoms with Gasteiger partial charge in [0.2, 0.25) is 5.91 Å². The van der Waals surface area contributed by atoms with Crippen LogP contribution in [-0.4, -0.2) is 54.7 Å². The Hall–Kier alpha value is -4.91. The zero-order chi connectivity index (χ0) is 30.3. The van der Waals surface area contributed by atoms with E-state index in [1.165, 1.54) is 12.1 Å². The van der Waals surface area contributed by atoms with Gasteiger partial charge in [-0.05, 0) is 18.2 Å². The van der Waals surface area contributed by atoms with Crippen molar-refractivity contribution in [2.24, 2.45) is 10.8 Å². The fraction of sp³-hybridized carbons (Fsp3) is 0.280. The number of halogens is 5. The van der Waals surface area contributed by atoms with Crippen molar-refractivity contribution in [1.29, 1.82) is 0 Å². The van der Waals surface area contributed by atoms with Gasteiger partial charge in [-0.25, -0.2) is 13.8 Å². The van der Waals surface area contributed by atoms with Crippen molar-refractivity contribution in [2.45, 2.75) is 24.8 Å². The van der Waals surface area contributed by atoms with Crippen LogP contribution in [0.25, 0.3) is 0 Å². The first kappa shape index (κ1) is 30.6. The molecule has 0 aromatic heterocycles. The first-order valence-corrected chi connectivity index (χ1v) is 11.8. The Bertz CT molecular complexity index is 1410. The second-order valence-corrected chi connectivity index (χ2v) is 8.63. The molecule has 218 valence electrons. The second kappa shape index (κ2) is 13.0. The molecule has 1 heterocycles. The number of hydrogen-bond acceptors (Lipinski definition) is 8. The van der Waals surface area contributed by atoms with Crippen LogP contribution in [-0.2, 0) is 15.8 Å². The van der Waals surface area contributed by atoms with E-state index >= 15 is 0 Å². The van der Waals surface area contributed by atoms with Crippen LogP contribution in [0.15, 0.2) is 35.3 Å². The number of rotatable bonds is 9. The van der Waals surface area contributed by atoms with E-state index in [1.54, 1.807) is 0 Å². The normalized spacial score (nSPS) is 15.4. The third-order valence-electron chi connectivity index (χ3n) is 5.72. The first-order valence-electron chi connectivity index (χ1n) is 11.8. The summed E-state index contributed by atoms with van der Waals surface area (Å²) in [6.45, 7) is -0.875. The Morgan fingerprint density at radius 1 is 1.24 bits per heavy atom. The summed E-state index contributed by atoms with van der Waals surface area (Å²) in [6.07, 6.45) is -1.61. The van der Waals surface area contributed by atoms with Crippen molar-refractivity contribution in [1.82, 2.24) is 16.0 Å². The molecule has 0 spiro atoms. The van der Waals surface area contributed by atoms with E-state index in [0.717, 1.165) is 12.1 Å². The summed E-state index contributed by atoms with van der Waals surface area (Å²) in [5, 5.41) is 19.1. The van der Waals surface area contributed by atoms with Crippen molar-refractivity contribution in [3.63, 3.8) is 0 Å². The molecule has 41 heavy (non-hydrogen) atoms. The van der Waals surface area contributed by atoms with Gasteiger partial charge in [-0.1, -0.05) is 18.1 Å². The largest absolute Gasteiger partial charge is 0.481 e. The Kier molecular flexibility index (Phi) is 9.68. The maximum absolute atomic E-state index is 14.6. The van der Waals surface area contributed by atoms with Gasteiger partial charge in [-0.2, -0.15) is 13.2 Å². The summed E-state index contributed by atoms with van der Waals surface area (Å²) >= 11 is 0. The number of anilines is 2. The van der Waals surface area contributed by atoms with Crippen molar-refractivity contribution in [2.75, 3.05) is 30.4 Å². The summed E-state index contributed by atoms with van der Waals surface area (Å²) in [4.78, 5) is 40.6. The number of guanidine groups is 1. The van der Waals surface area contributed by atoms with Crippen molar-refractivity contribution in [3.8, 4) is 12.3 Å². The predicted molar refractivity (Wildman–Crippen MR) is 138 cm³/mol. The third-order valence-corrected chi connectivity index (χ3v) is 5.72. The number of carbonyl (C=O) groups excluding carboxylic acids is 2. The minimum absolute atomic E-state index is 0.0121. The Balaban J connectivity index is 1.77. The van der Waals surface area contributed by atoms with E-state index in [9.17, 15) is 36.3 Å². The molecule has 8 N–H and O–H groups in total. The molecule has 0 unspecified atom stereocenters. The van der Waals surface area contributed by atoms with E-state index in [-0.39, 0.29) is 41.6 Å². The molecule has 0 radical (unpaired) electrons. The van der Waals surface area contributed by atoms with Gasteiger partial charge < -0.3 is 31.8 Å². The number of alkyl halides is 4. The number of hydrogen-bond donors (Lipinski definition) is 7. The molecule has 2 atom stereocenters. The number of nitrogens with one attached hydrogen (secondary N) is 5. The second-order valence-electron chi connectivity index (χ2n) is 8.63.